The molecule has 0 aromatic heterocycles. The molecule has 2 unspecified atom stereocenters. The summed E-state index contributed by atoms with van der Waals surface area (Å²) < 4.78 is 28.8. The monoisotopic (exact) mass is 394 g/mol. The number of nitrogens with zero attached hydrogens (tertiary/aromatic N) is 1. The van der Waals surface area contributed by atoms with Gasteiger partial charge in [0.05, 0.1) is 30.7 Å². The fourth-order valence-electron chi connectivity index (χ4n) is 4.23. The lowest BCUT2D eigenvalue weighted by atomic mass is 10.00. The van der Waals surface area contributed by atoms with E-state index in [1.165, 1.54) is 12.0 Å². The summed E-state index contributed by atoms with van der Waals surface area (Å²) in [5.74, 6) is 0.928. The van der Waals surface area contributed by atoms with Crippen LogP contribution in [0.15, 0.2) is 24.3 Å². The van der Waals surface area contributed by atoms with Gasteiger partial charge in [0.15, 0.2) is 9.84 Å². The largest absolute Gasteiger partial charge is 0.497 e. The first-order valence-corrected chi connectivity index (χ1v) is 11.5. The number of methoxy groups -OCH3 is 1. The summed E-state index contributed by atoms with van der Waals surface area (Å²) in [7, 11) is -1.39. The van der Waals surface area contributed by atoms with E-state index in [9.17, 15) is 13.2 Å². The number of amides is 1. The molecule has 1 amide bonds. The van der Waals surface area contributed by atoms with Crippen LogP contribution in [0.25, 0.3) is 0 Å². The van der Waals surface area contributed by atoms with Crippen LogP contribution in [0.5, 0.6) is 5.75 Å². The smallest absolute Gasteiger partial charge is 0.234 e. The zero-order chi connectivity index (χ0) is 19.5. The maximum atomic E-state index is 12.7. The number of nitrogens with one attached hydrogen (secondary N) is 1. The molecular weight excluding hydrogens is 364 g/mol. The SMILES string of the molecule is COc1ccc(C2CCCCCN2CC(=O)NC2(C)CCS(=O)(=O)C2)cc1. The average molecular weight is 395 g/mol. The molecule has 0 saturated carbocycles. The number of sulfone groups is 1. The van der Waals surface area contributed by atoms with E-state index < -0.39 is 15.4 Å². The van der Waals surface area contributed by atoms with Crippen molar-refractivity contribution in [2.45, 2.75) is 50.6 Å². The molecule has 2 heterocycles. The van der Waals surface area contributed by atoms with E-state index >= 15 is 0 Å². The van der Waals surface area contributed by atoms with Gasteiger partial charge in [-0.2, -0.15) is 0 Å². The molecule has 0 radical (unpaired) electrons. The van der Waals surface area contributed by atoms with Gasteiger partial charge in [-0.05, 0) is 50.4 Å². The molecule has 1 aromatic rings. The Morgan fingerprint density at radius 1 is 1.26 bits per heavy atom. The maximum Gasteiger partial charge on any atom is 0.234 e. The number of hydrogen-bond donors (Lipinski definition) is 1. The van der Waals surface area contributed by atoms with Gasteiger partial charge in [0, 0.05) is 6.04 Å². The number of carbonyl (C=O) groups excluding carboxylic acids is 1. The first kappa shape index (κ1) is 20.1. The molecular formula is C20H30N2O4S. The van der Waals surface area contributed by atoms with Crippen LogP contribution in [-0.2, 0) is 14.6 Å². The molecule has 2 fully saturated rings. The molecule has 1 N–H and O–H groups in total. The third kappa shape index (κ3) is 5.23. The second kappa shape index (κ2) is 8.19. The molecule has 27 heavy (non-hydrogen) atoms. The van der Waals surface area contributed by atoms with Crippen LogP contribution < -0.4 is 10.1 Å². The van der Waals surface area contributed by atoms with Gasteiger partial charge in [-0.3, -0.25) is 9.69 Å². The second-order valence-corrected chi connectivity index (χ2v) is 10.2. The standard InChI is InChI=1S/C20H30N2O4S/c1-20(11-13-27(24,25)15-20)21-19(23)14-22-12-5-3-4-6-18(22)16-7-9-17(26-2)10-8-16/h7-10,18H,3-6,11-15H2,1-2H3,(H,21,23). The van der Waals surface area contributed by atoms with Crippen molar-refractivity contribution in [3.63, 3.8) is 0 Å². The first-order chi connectivity index (χ1) is 12.8. The summed E-state index contributed by atoms with van der Waals surface area (Å²) in [5, 5.41) is 2.99. The molecule has 0 bridgehead atoms. The van der Waals surface area contributed by atoms with E-state index in [-0.39, 0.29) is 23.5 Å². The van der Waals surface area contributed by atoms with Gasteiger partial charge < -0.3 is 10.1 Å². The van der Waals surface area contributed by atoms with Gasteiger partial charge in [0.25, 0.3) is 0 Å². The number of carbonyl (C=O) groups is 1. The van der Waals surface area contributed by atoms with Crippen molar-refractivity contribution >= 4 is 15.7 Å². The highest BCUT2D eigenvalue weighted by molar-refractivity contribution is 7.91. The number of benzene rings is 1. The van der Waals surface area contributed by atoms with Crippen LogP contribution >= 0.6 is 0 Å². The fourth-order valence-corrected chi connectivity index (χ4v) is 6.32. The summed E-state index contributed by atoms with van der Waals surface area (Å²) >= 11 is 0. The molecule has 7 heteroatoms. The molecule has 2 aliphatic rings. The highest BCUT2D eigenvalue weighted by atomic mass is 32.2. The summed E-state index contributed by atoms with van der Waals surface area (Å²) in [5.41, 5.74) is 0.553. The molecule has 2 saturated heterocycles. The Balaban J connectivity index is 1.69. The fraction of sp³-hybridized carbons (Fsp3) is 0.650. The van der Waals surface area contributed by atoms with E-state index in [0.717, 1.165) is 31.6 Å². The number of likely N-dealkylation sites (tertiary alicyclic amines) is 1. The summed E-state index contributed by atoms with van der Waals surface area (Å²) in [4.78, 5) is 14.9. The van der Waals surface area contributed by atoms with Gasteiger partial charge in [0.1, 0.15) is 5.75 Å². The Morgan fingerprint density at radius 3 is 2.63 bits per heavy atom. The van der Waals surface area contributed by atoms with Crippen molar-refractivity contribution in [1.29, 1.82) is 0 Å². The van der Waals surface area contributed by atoms with E-state index in [2.05, 4.69) is 22.3 Å². The van der Waals surface area contributed by atoms with Crippen molar-refractivity contribution in [2.75, 3.05) is 31.7 Å². The van der Waals surface area contributed by atoms with Crippen molar-refractivity contribution in [1.82, 2.24) is 10.2 Å². The zero-order valence-electron chi connectivity index (χ0n) is 16.2. The van der Waals surface area contributed by atoms with Crippen LogP contribution in [0.4, 0.5) is 0 Å². The van der Waals surface area contributed by atoms with Crippen LogP contribution in [0.1, 0.15) is 50.6 Å². The second-order valence-electron chi connectivity index (χ2n) is 8.06. The predicted octanol–water partition coefficient (Wildman–Crippen LogP) is 2.31. The Labute approximate surface area is 162 Å². The summed E-state index contributed by atoms with van der Waals surface area (Å²) in [6.07, 6.45) is 4.89. The minimum Gasteiger partial charge on any atom is -0.497 e. The van der Waals surface area contributed by atoms with Crippen LogP contribution in [0.3, 0.4) is 0 Å². The van der Waals surface area contributed by atoms with Crippen molar-refractivity contribution in [2.24, 2.45) is 0 Å². The van der Waals surface area contributed by atoms with Gasteiger partial charge in [0.2, 0.25) is 5.91 Å². The Bertz CT molecular complexity index is 763. The number of rotatable bonds is 5. The van der Waals surface area contributed by atoms with Gasteiger partial charge in [-0.25, -0.2) is 8.42 Å². The van der Waals surface area contributed by atoms with Crippen molar-refractivity contribution < 1.29 is 17.9 Å². The summed E-state index contributed by atoms with van der Waals surface area (Å²) in [6, 6.07) is 8.27. The third-order valence-corrected chi connectivity index (χ3v) is 7.56. The Morgan fingerprint density at radius 2 is 2.00 bits per heavy atom. The van der Waals surface area contributed by atoms with Crippen LogP contribution in [0.2, 0.25) is 0 Å². The number of hydrogen-bond acceptors (Lipinski definition) is 5. The lowest BCUT2D eigenvalue weighted by Crippen LogP contribution is -2.50. The third-order valence-electron chi connectivity index (χ3n) is 5.66. The Hall–Kier alpha value is -1.60. The maximum absolute atomic E-state index is 12.7. The molecule has 0 aliphatic carbocycles. The molecule has 1 aromatic carbocycles. The highest BCUT2D eigenvalue weighted by Gasteiger charge is 2.39. The minimum atomic E-state index is -3.04. The normalized spacial score (nSPS) is 28.4. The van der Waals surface area contributed by atoms with Gasteiger partial charge in [-0.1, -0.05) is 25.0 Å². The average Bonchev–Trinajstić information content (AvgIpc) is 2.77. The molecule has 2 atom stereocenters. The lowest BCUT2D eigenvalue weighted by molar-refractivity contribution is -0.124. The topological polar surface area (TPSA) is 75.7 Å². The summed E-state index contributed by atoms with van der Waals surface area (Å²) in [6.45, 7) is 3.00. The zero-order valence-corrected chi connectivity index (χ0v) is 17.1. The van der Waals surface area contributed by atoms with Gasteiger partial charge >= 0.3 is 0 Å². The molecule has 0 spiro atoms. The van der Waals surface area contributed by atoms with E-state index in [4.69, 9.17) is 4.74 Å². The van der Waals surface area contributed by atoms with Crippen LogP contribution in [-0.4, -0.2) is 56.5 Å². The minimum absolute atomic E-state index is 0.0354. The van der Waals surface area contributed by atoms with E-state index in [0.29, 0.717) is 13.0 Å². The lowest BCUT2D eigenvalue weighted by Gasteiger charge is -2.32. The van der Waals surface area contributed by atoms with Gasteiger partial charge in [-0.15, -0.1) is 0 Å². The quantitative estimate of drug-likeness (QED) is 0.829. The van der Waals surface area contributed by atoms with Crippen molar-refractivity contribution in [3.05, 3.63) is 29.8 Å². The van der Waals surface area contributed by atoms with Crippen molar-refractivity contribution in [3.8, 4) is 5.75 Å². The highest BCUT2D eigenvalue weighted by Crippen LogP contribution is 2.31. The Kier molecular flexibility index (Phi) is 6.11. The number of ether oxygens (including phenoxy) is 1. The van der Waals surface area contributed by atoms with Crippen LogP contribution in [0, 0.1) is 0 Å². The molecule has 2 aliphatic heterocycles. The van der Waals surface area contributed by atoms with E-state index in [1.54, 1.807) is 7.11 Å². The predicted molar refractivity (Wildman–Crippen MR) is 106 cm³/mol. The molecule has 3 rings (SSSR count). The first-order valence-electron chi connectivity index (χ1n) is 9.70. The molecule has 150 valence electrons. The van der Waals surface area contributed by atoms with E-state index in [1.807, 2.05) is 19.1 Å². The molecule has 6 nitrogen and oxygen atoms in total.